The molecule has 0 aromatic carbocycles. The summed E-state index contributed by atoms with van der Waals surface area (Å²) in [7, 11) is 0. The summed E-state index contributed by atoms with van der Waals surface area (Å²) in [5.41, 5.74) is 0.367. The van der Waals surface area contributed by atoms with Crippen molar-refractivity contribution in [3.05, 3.63) is 0 Å². The van der Waals surface area contributed by atoms with Gasteiger partial charge in [0.15, 0.2) is 0 Å². The summed E-state index contributed by atoms with van der Waals surface area (Å²) in [6, 6.07) is 0.818. The maximum absolute atomic E-state index is 2.70. The average Bonchev–Trinajstić information content (AvgIpc) is 2.82. The minimum absolute atomic E-state index is 0.367. The summed E-state index contributed by atoms with van der Waals surface area (Å²) in [6.07, 6.45) is 7.10. The molecule has 0 saturated carbocycles. The summed E-state index contributed by atoms with van der Waals surface area (Å²) in [6.45, 7) is 14.8. The number of hydrogen-bond acceptors (Lipinski definition) is 2. The molecule has 0 radical (unpaired) electrons. The van der Waals surface area contributed by atoms with Crippen molar-refractivity contribution in [2.24, 2.45) is 5.92 Å². The highest BCUT2D eigenvalue weighted by atomic mass is 15.2. The van der Waals surface area contributed by atoms with Crippen molar-refractivity contribution in [1.29, 1.82) is 0 Å². The lowest BCUT2D eigenvalue weighted by Crippen LogP contribution is -2.46. The van der Waals surface area contributed by atoms with Gasteiger partial charge in [0.05, 0.1) is 0 Å². The molecule has 1 unspecified atom stereocenters. The summed E-state index contributed by atoms with van der Waals surface area (Å²) in [5.74, 6) is 0.971. The van der Waals surface area contributed by atoms with Gasteiger partial charge in [-0.3, -0.25) is 4.90 Å². The summed E-state index contributed by atoms with van der Waals surface area (Å²) < 4.78 is 0. The van der Waals surface area contributed by atoms with Crippen LogP contribution in [0.1, 0.15) is 59.8 Å². The number of likely N-dealkylation sites (tertiary alicyclic amines) is 2. The zero-order valence-corrected chi connectivity index (χ0v) is 12.9. The van der Waals surface area contributed by atoms with Gasteiger partial charge in [0.1, 0.15) is 0 Å². The van der Waals surface area contributed by atoms with Crippen LogP contribution >= 0.6 is 0 Å². The third kappa shape index (κ3) is 3.71. The highest BCUT2D eigenvalue weighted by molar-refractivity contribution is 4.84. The van der Waals surface area contributed by atoms with E-state index >= 15 is 0 Å². The second kappa shape index (κ2) is 5.92. The highest BCUT2D eigenvalue weighted by Crippen LogP contribution is 2.28. The molecule has 0 aromatic heterocycles. The Kier molecular flexibility index (Phi) is 4.71. The van der Waals surface area contributed by atoms with Gasteiger partial charge in [-0.15, -0.1) is 0 Å². The van der Waals surface area contributed by atoms with Gasteiger partial charge in [-0.2, -0.15) is 0 Å². The molecular formula is C16H32N2. The van der Waals surface area contributed by atoms with E-state index in [0.717, 1.165) is 12.0 Å². The van der Waals surface area contributed by atoms with E-state index in [4.69, 9.17) is 0 Å². The minimum Gasteiger partial charge on any atom is -0.301 e. The highest BCUT2D eigenvalue weighted by Gasteiger charge is 2.28. The van der Waals surface area contributed by atoms with Gasteiger partial charge < -0.3 is 4.90 Å². The van der Waals surface area contributed by atoms with Crippen LogP contribution < -0.4 is 0 Å². The van der Waals surface area contributed by atoms with Gasteiger partial charge in [0, 0.05) is 11.6 Å². The lowest BCUT2D eigenvalue weighted by atomic mass is 9.88. The third-order valence-electron chi connectivity index (χ3n) is 5.00. The number of rotatable bonds is 3. The number of nitrogens with zero attached hydrogens (tertiary/aromatic N) is 2. The van der Waals surface area contributed by atoms with Gasteiger partial charge >= 0.3 is 0 Å². The molecule has 0 aromatic rings. The van der Waals surface area contributed by atoms with Crippen molar-refractivity contribution in [2.45, 2.75) is 71.4 Å². The zero-order valence-electron chi connectivity index (χ0n) is 12.9. The molecule has 2 heteroatoms. The first-order chi connectivity index (χ1) is 8.47. The van der Waals surface area contributed by atoms with Gasteiger partial charge in [0.2, 0.25) is 0 Å². The first-order valence-corrected chi connectivity index (χ1v) is 7.96. The number of hydrogen-bond donors (Lipinski definition) is 0. The van der Waals surface area contributed by atoms with Crippen molar-refractivity contribution >= 4 is 0 Å². The maximum Gasteiger partial charge on any atom is 0.0125 e. The molecule has 1 atom stereocenters. The zero-order chi connectivity index (χ0) is 13.2. The van der Waals surface area contributed by atoms with Crippen LogP contribution in [-0.4, -0.2) is 47.6 Å². The molecule has 0 bridgehead atoms. The molecule has 2 aliphatic heterocycles. The fraction of sp³-hybridized carbons (Fsp3) is 1.00. The predicted octanol–water partition coefficient (Wildman–Crippen LogP) is 3.37. The van der Waals surface area contributed by atoms with Crippen LogP contribution in [-0.2, 0) is 0 Å². The summed E-state index contributed by atoms with van der Waals surface area (Å²) >= 11 is 0. The molecule has 2 aliphatic rings. The predicted molar refractivity (Wildman–Crippen MR) is 78.9 cm³/mol. The second-order valence-electron chi connectivity index (χ2n) is 7.43. The standard InChI is InChI=1S/C16H32N2/c1-14(17-9-5-6-10-17)13-15-7-11-18(12-8-15)16(2,3)4/h14-15H,5-13H2,1-4H3. The molecule has 2 fully saturated rings. The minimum atomic E-state index is 0.367. The molecule has 2 rings (SSSR count). The van der Waals surface area contributed by atoms with Crippen LogP contribution in [0.5, 0.6) is 0 Å². The van der Waals surface area contributed by atoms with Crippen molar-refractivity contribution in [3.8, 4) is 0 Å². The van der Waals surface area contributed by atoms with Crippen LogP contribution in [0.25, 0.3) is 0 Å². The SMILES string of the molecule is CC(CC1CCN(C(C)(C)C)CC1)N1CCCC1. The van der Waals surface area contributed by atoms with Crippen molar-refractivity contribution < 1.29 is 0 Å². The Balaban J connectivity index is 1.73. The maximum atomic E-state index is 2.70. The Morgan fingerprint density at radius 3 is 2.06 bits per heavy atom. The first-order valence-electron chi connectivity index (χ1n) is 7.96. The fourth-order valence-electron chi connectivity index (χ4n) is 3.65. The molecule has 0 amide bonds. The Hall–Kier alpha value is -0.0800. The quantitative estimate of drug-likeness (QED) is 0.760. The molecule has 0 spiro atoms. The van der Waals surface area contributed by atoms with E-state index < -0.39 is 0 Å². The summed E-state index contributed by atoms with van der Waals surface area (Å²) in [5, 5.41) is 0. The van der Waals surface area contributed by atoms with Crippen LogP contribution in [0, 0.1) is 5.92 Å². The lowest BCUT2D eigenvalue weighted by molar-refractivity contribution is 0.0766. The Morgan fingerprint density at radius 1 is 1.00 bits per heavy atom. The van der Waals surface area contributed by atoms with Crippen molar-refractivity contribution in [1.82, 2.24) is 9.80 Å². The second-order valence-corrected chi connectivity index (χ2v) is 7.43. The molecule has 0 aliphatic carbocycles. The Bertz CT molecular complexity index is 242. The van der Waals surface area contributed by atoms with Gasteiger partial charge in [0.25, 0.3) is 0 Å². The lowest BCUT2D eigenvalue weighted by Gasteiger charge is -2.41. The van der Waals surface area contributed by atoms with Crippen LogP contribution in [0.4, 0.5) is 0 Å². The molecule has 2 heterocycles. The van der Waals surface area contributed by atoms with E-state index in [9.17, 15) is 0 Å². The topological polar surface area (TPSA) is 6.48 Å². The molecule has 106 valence electrons. The number of piperidine rings is 1. The smallest absolute Gasteiger partial charge is 0.0125 e. The Morgan fingerprint density at radius 2 is 1.56 bits per heavy atom. The first kappa shape index (κ1) is 14.3. The van der Waals surface area contributed by atoms with Crippen LogP contribution in [0.2, 0.25) is 0 Å². The van der Waals surface area contributed by atoms with E-state index in [-0.39, 0.29) is 0 Å². The monoisotopic (exact) mass is 252 g/mol. The van der Waals surface area contributed by atoms with Crippen molar-refractivity contribution in [3.63, 3.8) is 0 Å². The van der Waals surface area contributed by atoms with Crippen molar-refractivity contribution in [2.75, 3.05) is 26.2 Å². The van der Waals surface area contributed by atoms with Gasteiger partial charge in [-0.05, 0) is 91.9 Å². The van der Waals surface area contributed by atoms with E-state index in [1.54, 1.807) is 0 Å². The van der Waals surface area contributed by atoms with Gasteiger partial charge in [-0.1, -0.05) is 0 Å². The van der Waals surface area contributed by atoms with Crippen LogP contribution in [0.15, 0.2) is 0 Å². The average molecular weight is 252 g/mol. The molecule has 2 nitrogen and oxygen atoms in total. The Labute approximate surface area is 114 Å². The fourth-order valence-corrected chi connectivity index (χ4v) is 3.65. The van der Waals surface area contributed by atoms with Crippen LogP contribution in [0.3, 0.4) is 0 Å². The van der Waals surface area contributed by atoms with E-state index in [1.807, 2.05) is 0 Å². The summed E-state index contributed by atoms with van der Waals surface area (Å²) in [4.78, 5) is 5.36. The largest absolute Gasteiger partial charge is 0.301 e. The van der Waals surface area contributed by atoms with E-state index in [0.29, 0.717) is 5.54 Å². The third-order valence-corrected chi connectivity index (χ3v) is 5.00. The van der Waals surface area contributed by atoms with Gasteiger partial charge in [-0.25, -0.2) is 0 Å². The normalized spacial score (nSPS) is 26.7. The molecule has 18 heavy (non-hydrogen) atoms. The molecular weight excluding hydrogens is 220 g/mol. The molecule has 2 saturated heterocycles. The van der Waals surface area contributed by atoms with E-state index in [1.165, 1.54) is 58.3 Å². The van der Waals surface area contributed by atoms with E-state index in [2.05, 4.69) is 37.5 Å². The molecule has 0 N–H and O–H groups in total.